The van der Waals surface area contributed by atoms with Crippen molar-refractivity contribution in [2.45, 2.75) is 46.3 Å². The fraction of sp³-hybridized carbons (Fsp3) is 0.474. The van der Waals surface area contributed by atoms with Gasteiger partial charge in [-0.3, -0.25) is 10.1 Å². The molecule has 0 aromatic heterocycles. The largest absolute Gasteiger partial charge is 0.493 e. The number of ether oxygens (including phenoxy) is 3. The summed E-state index contributed by atoms with van der Waals surface area (Å²) in [6.07, 6.45) is 0.379. The number of allylic oxidation sites excluding steroid dienone is 1. The predicted octanol–water partition coefficient (Wildman–Crippen LogP) is 2.97. The average Bonchev–Trinajstić information content (AvgIpc) is 2.64. The van der Waals surface area contributed by atoms with E-state index in [-0.39, 0.29) is 46.7 Å². The minimum atomic E-state index is -1.09. The maximum Gasteiger partial charge on any atom is 0.338 e. The van der Waals surface area contributed by atoms with E-state index in [2.05, 4.69) is 10.6 Å². The Balaban J connectivity index is 2.66. The fourth-order valence-electron chi connectivity index (χ4n) is 2.93. The van der Waals surface area contributed by atoms with Crippen LogP contribution in [0.5, 0.6) is 11.5 Å². The van der Waals surface area contributed by atoms with E-state index < -0.39 is 23.0 Å². The second-order valence-corrected chi connectivity index (χ2v) is 6.69. The van der Waals surface area contributed by atoms with E-state index >= 15 is 0 Å². The molecule has 10 nitrogen and oxygen atoms in total. The van der Waals surface area contributed by atoms with Crippen LogP contribution in [-0.2, 0) is 9.53 Å². The minimum absolute atomic E-state index is 0.0850. The molecule has 10 heteroatoms. The number of amides is 2. The second kappa shape index (κ2) is 9.26. The number of methoxy groups -OCH3 is 1. The monoisotopic (exact) mass is 407 g/mol. The van der Waals surface area contributed by atoms with Gasteiger partial charge < -0.3 is 24.8 Å². The number of nitrogens with one attached hydrogen (secondary N) is 2. The number of hydrogen-bond acceptors (Lipinski definition) is 7. The van der Waals surface area contributed by atoms with Crippen LogP contribution in [0, 0.1) is 10.1 Å². The number of benzene rings is 1. The van der Waals surface area contributed by atoms with Crippen molar-refractivity contribution in [3.63, 3.8) is 0 Å². The predicted molar refractivity (Wildman–Crippen MR) is 104 cm³/mol. The molecule has 0 spiro atoms. The molecule has 1 aromatic rings. The van der Waals surface area contributed by atoms with Gasteiger partial charge in [0.15, 0.2) is 11.5 Å². The van der Waals surface area contributed by atoms with Crippen LogP contribution in [0.3, 0.4) is 0 Å². The lowest BCUT2D eigenvalue weighted by atomic mass is 9.93. The first-order valence-corrected chi connectivity index (χ1v) is 9.17. The lowest BCUT2D eigenvalue weighted by Crippen LogP contribution is -2.45. The van der Waals surface area contributed by atoms with Gasteiger partial charge in [0, 0.05) is 5.70 Å². The average molecular weight is 407 g/mol. The molecule has 0 bridgehead atoms. The van der Waals surface area contributed by atoms with Gasteiger partial charge in [-0.1, -0.05) is 6.92 Å². The number of rotatable bonds is 8. The minimum Gasteiger partial charge on any atom is -0.493 e. The van der Waals surface area contributed by atoms with Crippen LogP contribution in [0.2, 0.25) is 0 Å². The third-order valence-corrected chi connectivity index (χ3v) is 4.11. The van der Waals surface area contributed by atoms with Gasteiger partial charge in [-0.15, -0.1) is 0 Å². The van der Waals surface area contributed by atoms with Crippen molar-refractivity contribution < 1.29 is 28.7 Å². The quantitative estimate of drug-likeness (QED) is 0.385. The lowest BCUT2D eigenvalue weighted by Gasteiger charge is -2.28. The molecule has 1 aliphatic heterocycles. The molecule has 0 fully saturated rings. The third kappa shape index (κ3) is 4.95. The van der Waals surface area contributed by atoms with E-state index in [4.69, 9.17) is 14.2 Å². The van der Waals surface area contributed by atoms with E-state index in [9.17, 15) is 19.7 Å². The molecular weight excluding hydrogens is 382 g/mol. The van der Waals surface area contributed by atoms with Gasteiger partial charge >= 0.3 is 12.0 Å². The highest BCUT2D eigenvalue weighted by molar-refractivity contribution is 5.95. The Kier molecular flexibility index (Phi) is 7.03. The Morgan fingerprint density at radius 2 is 2.00 bits per heavy atom. The highest BCUT2D eigenvalue weighted by Crippen LogP contribution is 2.41. The second-order valence-electron chi connectivity index (χ2n) is 6.69. The normalized spacial score (nSPS) is 16.2. The molecule has 29 heavy (non-hydrogen) atoms. The van der Waals surface area contributed by atoms with Gasteiger partial charge in [0.1, 0.15) is 0 Å². The first-order chi connectivity index (χ1) is 13.7. The molecule has 2 amide bonds. The van der Waals surface area contributed by atoms with Gasteiger partial charge in [-0.05, 0) is 33.3 Å². The van der Waals surface area contributed by atoms with Crippen LogP contribution >= 0.6 is 0 Å². The molecule has 1 aromatic carbocycles. The smallest absolute Gasteiger partial charge is 0.338 e. The Hall–Kier alpha value is -3.30. The molecule has 0 saturated carbocycles. The van der Waals surface area contributed by atoms with Crippen molar-refractivity contribution >= 4 is 17.7 Å². The third-order valence-electron chi connectivity index (χ3n) is 4.11. The number of hydrogen-bond donors (Lipinski definition) is 2. The van der Waals surface area contributed by atoms with Gasteiger partial charge in [0.25, 0.3) is 5.69 Å². The number of esters is 1. The number of nitro benzene ring substituents is 1. The van der Waals surface area contributed by atoms with Crippen LogP contribution in [0.1, 0.15) is 45.7 Å². The highest BCUT2D eigenvalue weighted by atomic mass is 16.6. The maximum atomic E-state index is 12.6. The maximum absolute atomic E-state index is 12.6. The summed E-state index contributed by atoms with van der Waals surface area (Å²) >= 11 is 0. The molecule has 0 aliphatic carbocycles. The number of nitro groups is 1. The summed E-state index contributed by atoms with van der Waals surface area (Å²) in [7, 11) is 1.37. The van der Waals surface area contributed by atoms with Crippen LogP contribution in [0.4, 0.5) is 10.5 Å². The molecule has 2 rings (SSSR count). The summed E-state index contributed by atoms with van der Waals surface area (Å²) < 4.78 is 16.1. The molecule has 1 unspecified atom stereocenters. The highest BCUT2D eigenvalue weighted by Gasteiger charge is 2.37. The Labute approximate surface area is 168 Å². The summed E-state index contributed by atoms with van der Waals surface area (Å²) in [5.74, 6) is -0.238. The van der Waals surface area contributed by atoms with Gasteiger partial charge in [0.2, 0.25) is 0 Å². The Bertz CT molecular complexity index is 848. The first-order valence-electron chi connectivity index (χ1n) is 9.17. The van der Waals surface area contributed by atoms with Crippen LogP contribution in [-0.4, -0.2) is 36.7 Å². The number of carbonyl (C=O) groups is 2. The van der Waals surface area contributed by atoms with Crippen molar-refractivity contribution in [2.24, 2.45) is 0 Å². The topological polar surface area (TPSA) is 129 Å². The molecule has 2 N–H and O–H groups in total. The molecule has 1 heterocycles. The standard InChI is InChI=1S/C19H25N3O7/c1-6-7-28-18(23)16-11(4)20-19(24)21-17(16)12-8-15(29-10(2)3)14(27-5)9-13(12)22(25)26/h8-10,17H,6-7H2,1-5H3,(H2,20,21,24). The summed E-state index contributed by atoms with van der Waals surface area (Å²) in [4.78, 5) is 35.8. The zero-order chi connectivity index (χ0) is 21.7. The molecular formula is C19H25N3O7. The van der Waals surface area contributed by atoms with E-state index in [0.717, 1.165) is 0 Å². The van der Waals surface area contributed by atoms with Crippen LogP contribution in [0.15, 0.2) is 23.4 Å². The van der Waals surface area contributed by atoms with Gasteiger partial charge in [-0.25, -0.2) is 9.59 Å². The first kappa shape index (κ1) is 22.0. The molecule has 1 aliphatic rings. The van der Waals surface area contributed by atoms with Crippen molar-refractivity contribution in [1.29, 1.82) is 0 Å². The number of carbonyl (C=O) groups excluding carboxylic acids is 2. The lowest BCUT2D eigenvalue weighted by molar-refractivity contribution is -0.385. The molecule has 1 atom stereocenters. The number of urea groups is 1. The van der Waals surface area contributed by atoms with E-state index in [1.165, 1.54) is 26.2 Å². The Morgan fingerprint density at radius 1 is 1.31 bits per heavy atom. The van der Waals surface area contributed by atoms with E-state index in [1.807, 2.05) is 6.92 Å². The van der Waals surface area contributed by atoms with Crippen molar-refractivity contribution in [1.82, 2.24) is 10.6 Å². The van der Waals surface area contributed by atoms with Crippen LogP contribution < -0.4 is 20.1 Å². The van der Waals surface area contributed by atoms with Crippen molar-refractivity contribution in [2.75, 3.05) is 13.7 Å². The molecule has 0 saturated heterocycles. The van der Waals surface area contributed by atoms with Gasteiger partial charge in [-0.2, -0.15) is 0 Å². The Morgan fingerprint density at radius 3 is 2.55 bits per heavy atom. The van der Waals surface area contributed by atoms with Crippen molar-refractivity contribution in [3.05, 3.63) is 39.1 Å². The zero-order valence-electron chi connectivity index (χ0n) is 17.0. The summed E-state index contributed by atoms with van der Waals surface area (Å²) in [6, 6.07) is 0.948. The fourth-order valence-corrected chi connectivity index (χ4v) is 2.93. The van der Waals surface area contributed by atoms with E-state index in [1.54, 1.807) is 13.8 Å². The zero-order valence-corrected chi connectivity index (χ0v) is 17.0. The van der Waals surface area contributed by atoms with E-state index in [0.29, 0.717) is 6.42 Å². The van der Waals surface area contributed by atoms with Crippen molar-refractivity contribution in [3.8, 4) is 11.5 Å². The summed E-state index contributed by atoms with van der Waals surface area (Å²) in [5.41, 5.74) is 0.112. The molecule has 158 valence electrons. The van der Waals surface area contributed by atoms with Crippen LogP contribution in [0.25, 0.3) is 0 Å². The molecule has 0 radical (unpaired) electrons. The SMILES string of the molecule is CCCOC(=O)C1=C(C)NC(=O)NC1c1cc(OC(C)C)c(OC)cc1[N+](=O)[O-]. The summed E-state index contributed by atoms with van der Waals surface area (Å²) in [5, 5.41) is 16.8. The van der Waals surface area contributed by atoms with Gasteiger partial charge in [0.05, 0.1) is 48.0 Å². The summed E-state index contributed by atoms with van der Waals surface area (Å²) in [6.45, 7) is 7.16. The number of nitrogens with zero attached hydrogens (tertiary/aromatic N) is 1.